The Hall–Kier alpha value is -1.82. The van der Waals surface area contributed by atoms with E-state index < -0.39 is 0 Å². The van der Waals surface area contributed by atoms with Gasteiger partial charge in [0.15, 0.2) is 5.16 Å². The fourth-order valence-electron chi connectivity index (χ4n) is 2.27. The standard InChI is InChI=1S/C14H14FN3OS/c1-17-9-7-16-14(17)20-12-6-8-18(13(12)19)11-5-3-2-4-10(11)15/h2-5,7,9,12H,6,8H2,1H3/t12-/m1/s1. The molecule has 0 N–H and O–H groups in total. The number of rotatable bonds is 3. The van der Waals surface area contributed by atoms with Crippen LogP contribution in [0, 0.1) is 5.82 Å². The summed E-state index contributed by atoms with van der Waals surface area (Å²) in [7, 11) is 1.89. The molecule has 0 saturated carbocycles. The van der Waals surface area contributed by atoms with Crippen LogP contribution in [-0.2, 0) is 11.8 Å². The van der Waals surface area contributed by atoms with Gasteiger partial charge in [0.05, 0.1) is 10.9 Å². The smallest absolute Gasteiger partial charge is 0.240 e. The van der Waals surface area contributed by atoms with Crippen LogP contribution in [-0.4, -0.2) is 27.3 Å². The Balaban J connectivity index is 1.78. The molecule has 2 heterocycles. The van der Waals surface area contributed by atoms with E-state index in [1.54, 1.807) is 24.4 Å². The first kappa shape index (κ1) is 13.2. The SMILES string of the molecule is Cn1ccnc1S[C@@H]1CCN(c2ccccc2F)C1=O. The molecule has 0 spiro atoms. The summed E-state index contributed by atoms with van der Waals surface area (Å²) in [5.41, 5.74) is 0.362. The third-order valence-corrected chi connectivity index (χ3v) is 4.65. The van der Waals surface area contributed by atoms with Crippen molar-refractivity contribution in [3.05, 3.63) is 42.5 Å². The Morgan fingerprint density at radius 2 is 2.20 bits per heavy atom. The summed E-state index contributed by atoms with van der Waals surface area (Å²) in [6, 6.07) is 6.38. The molecule has 1 aromatic carbocycles. The number of carbonyl (C=O) groups is 1. The van der Waals surface area contributed by atoms with Gasteiger partial charge in [-0.05, 0) is 18.6 Å². The number of para-hydroxylation sites is 1. The Kier molecular flexibility index (Phi) is 3.48. The minimum atomic E-state index is -0.358. The highest BCUT2D eigenvalue weighted by molar-refractivity contribution is 8.00. The largest absolute Gasteiger partial charge is 0.329 e. The third-order valence-electron chi connectivity index (χ3n) is 3.32. The van der Waals surface area contributed by atoms with Crippen LogP contribution in [0.2, 0.25) is 0 Å². The van der Waals surface area contributed by atoms with Gasteiger partial charge >= 0.3 is 0 Å². The second kappa shape index (κ2) is 5.28. The summed E-state index contributed by atoms with van der Waals surface area (Å²) >= 11 is 1.44. The average Bonchev–Trinajstić information content (AvgIpc) is 2.99. The van der Waals surface area contributed by atoms with Crippen LogP contribution in [0.25, 0.3) is 0 Å². The second-order valence-electron chi connectivity index (χ2n) is 4.66. The number of aryl methyl sites for hydroxylation is 1. The summed E-state index contributed by atoms with van der Waals surface area (Å²) in [5, 5.41) is 0.606. The van der Waals surface area contributed by atoms with Crippen LogP contribution < -0.4 is 4.90 Å². The number of nitrogens with zero attached hydrogens (tertiary/aromatic N) is 3. The first-order valence-electron chi connectivity index (χ1n) is 6.36. The van der Waals surface area contributed by atoms with Crippen molar-refractivity contribution in [1.82, 2.24) is 9.55 Å². The van der Waals surface area contributed by atoms with Gasteiger partial charge in [0, 0.05) is 26.0 Å². The zero-order valence-electron chi connectivity index (χ0n) is 11.0. The molecule has 1 aliphatic heterocycles. The monoisotopic (exact) mass is 291 g/mol. The number of benzene rings is 1. The highest BCUT2D eigenvalue weighted by atomic mass is 32.2. The van der Waals surface area contributed by atoms with Crippen LogP contribution in [0.4, 0.5) is 10.1 Å². The van der Waals surface area contributed by atoms with E-state index in [1.165, 1.54) is 22.7 Å². The van der Waals surface area contributed by atoms with E-state index in [2.05, 4.69) is 4.98 Å². The summed E-state index contributed by atoms with van der Waals surface area (Å²) in [4.78, 5) is 18.1. The fourth-order valence-corrected chi connectivity index (χ4v) is 3.32. The number of carbonyl (C=O) groups excluding carboxylic acids is 1. The minimum absolute atomic E-state index is 0.0527. The average molecular weight is 291 g/mol. The molecule has 0 aliphatic carbocycles. The maximum atomic E-state index is 13.8. The van der Waals surface area contributed by atoms with Crippen molar-refractivity contribution in [2.45, 2.75) is 16.8 Å². The highest BCUT2D eigenvalue weighted by Crippen LogP contribution is 2.32. The summed E-state index contributed by atoms with van der Waals surface area (Å²) in [5.74, 6) is -0.411. The Bertz CT molecular complexity index is 643. The molecule has 2 aromatic rings. The number of imidazole rings is 1. The van der Waals surface area contributed by atoms with E-state index in [0.717, 1.165) is 5.16 Å². The van der Waals surface area contributed by atoms with Gasteiger partial charge in [-0.2, -0.15) is 0 Å². The molecule has 1 aliphatic rings. The van der Waals surface area contributed by atoms with Crippen LogP contribution >= 0.6 is 11.8 Å². The van der Waals surface area contributed by atoms with Gasteiger partial charge in [0.25, 0.3) is 0 Å². The van der Waals surface area contributed by atoms with Gasteiger partial charge in [-0.25, -0.2) is 9.37 Å². The van der Waals surface area contributed by atoms with E-state index in [0.29, 0.717) is 18.7 Å². The number of anilines is 1. The zero-order valence-corrected chi connectivity index (χ0v) is 11.8. The van der Waals surface area contributed by atoms with E-state index in [9.17, 15) is 9.18 Å². The first-order chi connectivity index (χ1) is 9.66. The first-order valence-corrected chi connectivity index (χ1v) is 7.24. The molecule has 1 amide bonds. The molecule has 1 aromatic heterocycles. The lowest BCUT2D eigenvalue weighted by Gasteiger charge is -2.17. The normalized spacial score (nSPS) is 18.8. The maximum absolute atomic E-state index is 13.8. The van der Waals surface area contributed by atoms with Gasteiger partial charge in [0.1, 0.15) is 5.82 Å². The molecule has 1 atom stereocenters. The lowest BCUT2D eigenvalue weighted by atomic mass is 10.3. The van der Waals surface area contributed by atoms with Gasteiger partial charge in [0.2, 0.25) is 5.91 Å². The summed E-state index contributed by atoms with van der Waals surface area (Å²) in [6.07, 6.45) is 4.25. The van der Waals surface area contributed by atoms with Crippen molar-refractivity contribution in [1.29, 1.82) is 0 Å². The molecule has 0 radical (unpaired) electrons. The molecule has 6 heteroatoms. The maximum Gasteiger partial charge on any atom is 0.240 e. The zero-order chi connectivity index (χ0) is 14.1. The van der Waals surface area contributed by atoms with Gasteiger partial charge < -0.3 is 9.47 Å². The van der Waals surface area contributed by atoms with E-state index in [-0.39, 0.29) is 17.0 Å². The molecule has 4 nitrogen and oxygen atoms in total. The Labute approximate surface area is 120 Å². The number of halogens is 1. The predicted molar refractivity (Wildman–Crippen MR) is 76.2 cm³/mol. The van der Waals surface area contributed by atoms with Crippen molar-refractivity contribution < 1.29 is 9.18 Å². The van der Waals surface area contributed by atoms with E-state index in [4.69, 9.17) is 0 Å². The molecular formula is C14H14FN3OS. The number of hydrogen-bond donors (Lipinski definition) is 0. The number of thioether (sulfide) groups is 1. The van der Waals surface area contributed by atoms with Crippen molar-refractivity contribution >= 4 is 23.4 Å². The lowest BCUT2D eigenvalue weighted by Crippen LogP contribution is -2.28. The van der Waals surface area contributed by atoms with Gasteiger partial charge in [-0.15, -0.1) is 0 Å². The summed E-state index contributed by atoms with van der Waals surface area (Å²) in [6.45, 7) is 0.544. The molecule has 3 rings (SSSR count). The van der Waals surface area contributed by atoms with Crippen molar-refractivity contribution in [2.75, 3.05) is 11.4 Å². The third kappa shape index (κ3) is 2.31. The number of amides is 1. The minimum Gasteiger partial charge on any atom is -0.329 e. The molecular weight excluding hydrogens is 277 g/mol. The molecule has 0 bridgehead atoms. The topological polar surface area (TPSA) is 38.1 Å². The molecule has 20 heavy (non-hydrogen) atoms. The number of hydrogen-bond acceptors (Lipinski definition) is 3. The lowest BCUT2D eigenvalue weighted by molar-refractivity contribution is -0.116. The molecule has 0 unspecified atom stereocenters. The molecule has 1 fully saturated rings. The molecule has 104 valence electrons. The fraction of sp³-hybridized carbons (Fsp3) is 0.286. The molecule has 1 saturated heterocycles. The predicted octanol–water partition coefficient (Wildman–Crippen LogP) is 2.46. The Morgan fingerprint density at radius 3 is 2.90 bits per heavy atom. The Morgan fingerprint density at radius 1 is 1.40 bits per heavy atom. The summed E-state index contributed by atoms with van der Waals surface area (Å²) < 4.78 is 15.6. The van der Waals surface area contributed by atoms with Crippen LogP contribution in [0.15, 0.2) is 41.8 Å². The van der Waals surface area contributed by atoms with E-state index in [1.807, 2.05) is 17.8 Å². The quantitative estimate of drug-likeness (QED) is 0.872. The van der Waals surface area contributed by atoms with Crippen molar-refractivity contribution in [3.8, 4) is 0 Å². The van der Waals surface area contributed by atoms with Crippen LogP contribution in [0.1, 0.15) is 6.42 Å². The number of aromatic nitrogens is 2. The van der Waals surface area contributed by atoms with Crippen molar-refractivity contribution in [2.24, 2.45) is 7.05 Å². The van der Waals surface area contributed by atoms with Gasteiger partial charge in [-0.1, -0.05) is 23.9 Å². The van der Waals surface area contributed by atoms with Crippen molar-refractivity contribution in [3.63, 3.8) is 0 Å². The second-order valence-corrected chi connectivity index (χ2v) is 5.83. The highest BCUT2D eigenvalue weighted by Gasteiger charge is 2.35. The van der Waals surface area contributed by atoms with Crippen LogP contribution in [0.5, 0.6) is 0 Å². The van der Waals surface area contributed by atoms with E-state index >= 15 is 0 Å². The van der Waals surface area contributed by atoms with Gasteiger partial charge in [-0.3, -0.25) is 4.79 Å². The van der Waals surface area contributed by atoms with Crippen LogP contribution in [0.3, 0.4) is 0 Å².